The summed E-state index contributed by atoms with van der Waals surface area (Å²) in [6, 6.07) is 11.0. The lowest BCUT2D eigenvalue weighted by Crippen LogP contribution is -2.14. The Hall–Kier alpha value is -3.49. The Balaban J connectivity index is 1.64. The van der Waals surface area contributed by atoms with E-state index in [4.69, 9.17) is 0 Å². The second-order valence-corrected chi connectivity index (χ2v) is 6.04. The van der Waals surface area contributed by atoms with Gasteiger partial charge in [-0.1, -0.05) is 6.07 Å². The maximum absolute atomic E-state index is 13.5. The van der Waals surface area contributed by atoms with E-state index in [0.717, 1.165) is 17.8 Å². The van der Waals surface area contributed by atoms with Crippen molar-refractivity contribution in [3.05, 3.63) is 78.3 Å². The summed E-state index contributed by atoms with van der Waals surface area (Å²) >= 11 is 0. The Labute approximate surface area is 156 Å². The number of halogens is 4. The van der Waals surface area contributed by atoms with Crippen LogP contribution < -0.4 is 5.32 Å². The van der Waals surface area contributed by atoms with E-state index in [1.807, 2.05) is 18.2 Å². The first-order valence-electron chi connectivity index (χ1n) is 8.26. The zero-order valence-corrected chi connectivity index (χ0v) is 14.3. The molecule has 28 heavy (non-hydrogen) atoms. The summed E-state index contributed by atoms with van der Waals surface area (Å²) in [6.07, 6.45) is -0.699. The van der Waals surface area contributed by atoms with Gasteiger partial charge in [0.05, 0.1) is 35.3 Å². The summed E-state index contributed by atoms with van der Waals surface area (Å²) in [6.45, 7) is 0.0906. The molecule has 142 valence electrons. The Morgan fingerprint density at radius 2 is 1.89 bits per heavy atom. The minimum absolute atomic E-state index is 0.0161. The smallest absolute Gasteiger partial charge is 0.378 e. The lowest BCUT2D eigenvalue weighted by atomic mass is 10.1. The van der Waals surface area contributed by atoms with Crippen LogP contribution in [0.3, 0.4) is 0 Å². The molecule has 0 atom stereocenters. The average molecular weight is 387 g/mol. The summed E-state index contributed by atoms with van der Waals surface area (Å²) in [5.74, 6) is -0.651. The third-order valence-electron chi connectivity index (χ3n) is 4.04. The average Bonchev–Trinajstić information content (AvgIpc) is 3.08. The highest BCUT2D eigenvalue weighted by atomic mass is 19.4. The van der Waals surface area contributed by atoms with Crippen LogP contribution in [0.15, 0.2) is 61.1 Å². The highest BCUT2D eigenvalue weighted by Crippen LogP contribution is 2.35. The lowest BCUT2D eigenvalue weighted by molar-refractivity contribution is -0.140. The number of nitrogens with one attached hydrogen (secondary N) is 1. The molecule has 0 aliphatic carbocycles. The van der Waals surface area contributed by atoms with Crippen molar-refractivity contribution in [1.82, 2.24) is 19.6 Å². The standard InChI is InChI=1S/C19H13F4N5/c20-13-7-12(9-24-10-13)16-4-5-17(18(26-16)19(21,22)23)25-11-14-8-15-3-1-2-6-28(15)27-14/h1-10,25H,11H2. The van der Waals surface area contributed by atoms with Gasteiger partial charge >= 0.3 is 6.18 Å². The number of alkyl halides is 3. The van der Waals surface area contributed by atoms with Crippen molar-refractivity contribution in [3.63, 3.8) is 0 Å². The molecule has 0 unspecified atom stereocenters. The molecule has 5 nitrogen and oxygen atoms in total. The third-order valence-corrected chi connectivity index (χ3v) is 4.04. The van der Waals surface area contributed by atoms with Crippen LogP contribution in [0, 0.1) is 5.82 Å². The fraction of sp³-hybridized carbons (Fsp3) is 0.105. The van der Waals surface area contributed by atoms with Crippen LogP contribution in [0.5, 0.6) is 0 Å². The summed E-state index contributed by atoms with van der Waals surface area (Å²) in [4.78, 5) is 7.34. The molecule has 0 aromatic carbocycles. The van der Waals surface area contributed by atoms with Crippen LogP contribution in [0.4, 0.5) is 23.2 Å². The SMILES string of the molecule is Fc1cncc(-c2ccc(NCc3cc4ccccn4n3)c(C(F)(F)F)n2)c1. The van der Waals surface area contributed by atoms with Gasteiger partial charge in [-0.15, -0.1) is 0 Å². The van der Waals surface area contributed by atoms with Crippen molar-refractivity contribution in [1.29, 1.82) is 0 Å². The van der Waals surface area contributed by atoms with Crippen LogP contribution in [0.1, 0.15) is 11.4 Å². The Morgan fingerprint density at radius 1 is 1.04 bits per heavy atom. The van der Waals surface area contributed by atoms with Crippen molar-refractivity contribution in [2.45, 2.75) is 12.7 Å². The minimum atomic E-state index is -4.68. The minimum Gasteiger partial charge on any atom is -0.378 e. The number of anilines is 1. The van der Waals surface area contributed by atoms with Crippen molar-refractivity contribution < 1.29 is 17.6 Å². The maximum Gasteiger partial charge on any atom is 0.435 e. The highest BCUT2D eigenvalue weighted by molar-refractivity contribution is 5.62. The first-order valence-corrected chi connectivity index (χ1v) is 8.26. The number of nitrogens with zero attached hydrogens (tertiary/aromatic N) is 4. The quantitative estimate of drug-likeness (QED) is 0.522. The molecule has 0 aliphatic heterocycles. The van der Waals surface area contributed by atoms with E-state index >= 15 is 0 Å². The van der Waals surface area contributed by atoms with Gasteiger partial charge in [0, 0.05) is 18.0 Å². The molecule has 0 spiro atoms. The molecule has 1 N–H and O–H groups in total. The van der Waals surface area contributed by atoms with Gasteiger partial charge in [-0.05, 0) is 36.4 Å². The summed E-state index contributed by atoms with van der Waals surface area (Å²) in [7, 11) is 0. The van der Waals surface area contributed by atoms with E-state index in [1.54, 1.807) is 16.8 Å². The molecule has 0 saturated carbocycles. The van der Waals surface area contributed by atoms with Crippen LogP contribution in [0.25, 0.3) is 16.8 Å². The number of aromatic nitrogens is 4. The Morgan fingerprint density at radius 3 is 2.64 bits per heavy atom. The summed E-state index contributed by atoms with van der Waals surface area (Å²) < 4.78 is 55.5. The van der Waals surface area contributed by atoms with E-state index in [9.17, 15) is 17.6 Å². The van der Waals surface area contributed by atoms with E-state index < -0.39 is 17.7 Å². The van der Waals surface area contributed by atoms with Gasteiger partial charge in [0.1, 0.15) is 5.82 Å². The van der Waals surface area contributed by atoms with Crippen molar-refractivity contribution in [3.8, 4) is 11.3 Å². The van der Waals surface area contributed by atoms with Crippen LogP contribution in [0.2, 0.25) is 0 Å². The van der Waals surface area contributed by atoms with Crippen LogP contribution in [-0.4, -0.2) is 19.6 Å². The number of hydrogen-bond donors (Lipinski definition) is 1. The van der Waals surface area contributed by atoms with Crippen LogP contribution in [-0.2, 0) is 12.7 Å². The molecule has 4 rings (SSSR count). The van der Waals surface area contributed by atoms with E-state index in [2.05, 4.69) is 20.4 Å². The number of rotatable bonds is 4. The summed E-state index contributed by atoms with van der Waals surface area (Å²) in [5, 5.41) is 7.04. The van der Waals surface area contributed by atoms with Crippen molar-refractivity contribution in [2.75, 3.05) is 5.32 Å². The first kappa shape index (κ1) is 17.9. The molecule has 9 heteroatoms. The second-order valence-electron chi connectivity index (χ2n) is 6.04. The molecule has 0 fully saturated rings. The van der Waals surface area contributed by atoms with Crippen molar-refractivity contribution in [2.24, 2.45) is 0 Å². The number of hydrogen-bond acceptors (Lipinski definition) is 4. The predicted octanol–water partition coefficient (Wildman–Crippen LogP) is 4.56. The highest BCUT2D eigenvalue weighted by Gasteiger charge is 2.36. The molecule has 0 amide bonds. The zero-order valence-electron chi connectivity index (χ0n) is 14.3. The van der Waals surface area contributed by atoms with Gasteiger partial charge in [-0.25, -0.2) is 13.9 Å². The second kappa shape index (κ2) is 6.91. The summed E-state index contributed by atoms with van der Waals surface area (Å²) in [5.41, 5.74) is 0.297. The molecule has 4 heterocycles. The zero-order chi connectivity index (χ0) is 19.7. The third kappa shape index (κ3) is 3.64. The molecule has 4 aromatic rings. The molecule has 0 bridgehead atoms. The fourth-order valence-electron chi connectivity index (χ4n) is 2.79. The first-order chi connectivity index (χ1) is 13.4. The molecule has 4 aromatic heterocycles. The van der Waals surface area contributed by atoms with E-state index in [1.165, 1.54) is 18.3 Å². The molecular formula is C19H13F4N5. The van der Waals surface area contributed by atoms with Gasteiger partial charge in [-0.3, -0.25) is 4.98 Å². The molecule has 0 saturated heterocycles. The monoisotopic (exact) mass is 387 g/mol. The Kier molecular flexibility index (Phi) is 4.42. The lowest BCUT2D eigenvalue weighted by Gasteiger charge is -2.14. The van der Waals surface area contributed by atoms with Gasteiger partial charge in [-0.2, -0.15) is 18.3 Å². The van der Waals surface area contributed by atoms with Gasteiger partial charge in [0.25, 0.3) is 0 Å². The van der Waals surface area contributed by atoms with E-state index in [-0.39, 0.29) is 23.5 Å². The molecule has 0 aliphatic rings. The van der Waals surface area contributed by atoms with Gasteiger partial charge < -0.3 is 5.32 Å². The van der Waals surface area contributed by atoms with E-state index in [0.29, 0.717) is 5.69 Å². The van der Waals surface area contributed by atoms with Crippen LogP contribution >= 0.6 is 0 Å². The maximum atomic E-state index is 13.5. The predicted molar refractivity (Wildman–Crippen MR) is 94.9 cm³/mol. The number of pyridine rings is 3. The normalized spacial score (nSPS) is 11.7. The molecule has 0 radical (unpaired) electrons. The topological polar surface area (TPSA) is 55.1 Å². The largest absolute Gasteiger partial charge is 0.435 e. The van der Waals surface area contributed by atoms with Crippen molar-refractivity contribution >= 4 is 11.2 Å². The fourth-order valence-corrected chi connectivity index (χ4v) is 2.79. The molecular weight excluding hydrogens is 374 g/mol. The number of fused-ring (bicyclic) bond motifs is 1. The van der Waals surface area contributed by atoms with Gasteiger partial charge in [0.2, 0.25) is 0 Å². The van der Waals surface area contributed by atoms with Gasteiger partial charge in [0.15, 0.2) is 5.69 Å². The Bertz CT molecular complexity index is 1100.